The summed E-state index contributed by atoms with van der Waals surface area (Å²) >= 11 is 0. The van der Waals surface area contributed by atoms with Crippen molar-refractivity contribution in [1.29, 1.82) is 0 Å². The molecule has 0 saturated carbocycles. The third-order valence-electron chi connectivity index (χ3n) is 3.52. The van der Waals surface area contributed by atoms with Gasteiger partial charge in [0.05, 0.1) is 11.4 Å². The summed E-state index contributed by atoms with van der Waals surface area (Å²) in [7, 11) is 0. The molecule has 0 spiro atoms. The van der Waals surface area contributed by atoms with Gasteiger partial charge < -0.3 is 10.2 Å². The van der Waals surface area contributed by atoms with E-state index in [2.05, 4.69) is 5.32 Å². The molecule has 3 rings (SSSR count). The molecule has 1 aliphatic rings. The normalized spacial score (nSPS) is 14.4. The van der Waals surface area contributed by atoms with Crippen molar-refractivity contribution in [3.05, 3.63) is 66.2 Å². The summed E-state index contributed by atoms with van der Waals surface area (Å²) in [6.07, 6.45) is 3.62. The molecule has 1 aliphatic heterocycles. The largest absolute Gasteiger partial charge is 0.324 e. The molecule has 4 nitrogen and oxygen atoms in total. The van der Waals surface area contributed by atoms with Crippen LogP contribution in [-0.4, -0.2) is 18.4 Å². The zero-order chi connectivity index (χ0) is 15.4. The van der Waals surface area contributed by atoms with Crippen molar-refractivity contribution in [2.24, 2.45) is 0 Å². The van der Waals surface area contributed by atoms with Crippen LogP contribution in [-0.2, 0) is 9.59 Å². The summed E-state index contributed by atoms with van der Waals surface area (Å²) in [5.41, 5.74) is 2.37. The van der Waals surface area contributed by atoms with Crippen LogP contribution in [0.4, 0.5) is 11.4 Å². The van der Waals surface area contributed by atoms with Gasteiger partial charge in [-0.2, -0.15) is 0 Å². The molecule has 0 saturated heterocycles. The number of benzene rings is 2. The second-order valence-corrected chi connectivity index (χ2v) is 5.05. The van der Waals surface area contributed by atoms with Crippen molar-refractivity contribution >= 4 is 29.3 Å². The number of fused-ring (bicyclic) bond motifs is 1. The first kappa shape index (κ1) is 14.1. The highest BCUT2D eigenvalue weighted by Gasteiger charge is 2.22. The highest BCUT2D eigenvalue weighted by atomic mass is 16.2. The Morgan fingerprint density at radius 3 is 2.59 bits per heavy atom. The Morgan fingerprint density at radius 2 is 1.77 bits per heavy atom. The number of carbonyl (C=O) groups excluding carboxylic acids is 2. The highest BCUT2D eigenvalue weighted by molar-refractivity contribution is 6.08. The number of nitrogens with one attached hydrogen (secondary N) is 1. The van der Waals surface area contributed by atoms with Gasteiger partial charge in [0.2, 0.25) is 5.91 Å². The van der Waals surface area contributed by atoms with Crippen molar-refractivity contribution in [3.8, 4) is 0 Å². The molecule has 1 N–H and O–H groups in total. The zero-order valence-electron chi connectivity index (χ0n) is 12.0. The quantitative estimate of drug-likeness (QED) is 0.865. The number of nitrogens with zero attached hydrogens (tertiary/aromatic N) is 1. The highest BCUT2D eigenvalue weighted by Crippen LogP contribution is 2.28. The van der Waals surface area contributed by atoms with Crippen LogP contribution in [0.25, 0.3) is 6.08 Å². The number of amides is 2. The lowest BCUT2D eigenvalue weighted by Gasteiger charge is -2.20. The van der Waals surface area contributed by atoms with Crippen LogP contribution in [0, 0.1) is 0 Å². The Bertz CT molecular complexity index is 723. The summed E-state index contributed by atoms with van der Waals surface area (Å²) in [6, 6.07) is 17.0. The molecular weight excluding hydrogens is 276 g/mol. The van der Waals surface area contributed by atoms with Gasteiger partial charge in [0.15, 0.2) is 0 Å². The first-order chi connectivity index (χ1) is 10.7. The lowest BCUT2D eigenvalue weighted by molar-refractivity contribution is -0.116. The molecule has 0 fully saturated rings. The van der Waals surface area contributed by atoms with E-state index in [1.54, 1.807) is 23.1 Å². The van der Waals surface area contributed by atoms with E-state index < -0.39 is 0 Å². The number of hydrogen-bond donors (Lipinski definition) is 1. The van der Waals surface area contributed by atoms with Crippen molar-refractivity contribution in [2.45, 2.75) is 6.42 Å². The van der Waals surface area contributed by atoms with E-state index in [0.29, 0.717) is 18.7 Å². The van der Waals surface area contributed by atoms with Gasteiger partial charge >= 0.3 is 0 Å². The number of para-hydroxylation sites is 2. The molecule has 0 bridgehead atoms. The SMILES string of the molecule is O=C1CCN(C(=O)/C=C/c2ccccc2)c2ccccc2N1. The van der Waals surface area contributed by atoms with E-state index >= 15 is 0 Å². The fourth-order valence-electron chi connectivity index (χ4n) is 2.41. The van der Waals surface area contributed by atoms with Gasteiger partial charge in [-0.3, -0.25) is 9.59 Å². The molecule has 0 aliphatic carbocycles. The Balaban J connectivity index is 1.86. The zero-order valence-corrected chi connectivity index (χ0v) is 12.0. The second-order valence-electron chi connectivity index (χ2n) is 5.05. The maximum absolute atomic E-state index is 12.5. The van der Waals surface area contributed by atoms with Gasteiger partial charge in [-0.25, -0.2) is 0 Å². The average molecular weight is 292 g/mol. The molecule has 0 atom stereocenters. The van der Waals surface area contributed by atoms with Crippen LogP contribution in [0.15, 0.2) is 60.7 Å². The maximum atomic E-state index is 12.5. The van der Waals surface area contributed by atoms with Crippen LogP contribution < -0.4 is 10.2 Å². The predicted molar refractivity (Wildman–Crippen MR) is 87.5 cm³/mol. The molecule has 1 heterocycles. The number of rotatable bonds is 2. The van der Waals surface area contributed by atoms with E-state index in [1.807, 2.05) is 48.5 Å². The van der Waals surface area contributed by atoms with E-state index in [4.69, 9.17) is 0 Å². The molecule has 0 aromatic heterocycles. The Hall–Kier alpha value is -2.88. The lowest BCUT2D eigenvalue weighted by Crippen LogP contribution is -2.30. The van der Waals surface area contributed by atoms with E-state index in [-0.39, 0.29) is 11.8 Å². The van der Waals surface area contributed by atoms with Crippen LogP contribution in [0.3, 0.4) is 0 Å². The lowest BCUT2D eigenvalue weighted by atomic mass is 10.2. The molecular formula is C18H16N2O2. The van der Waals surface area contributed by atoms with Crippen molar-refractivity contribution in [2.75, 3.05) is 16.8 Å². The maximum Gasteiger partial charge on any atom is 0.251 e. The molecule has 110 valence electrons. The molecule has 0 radical (unpaired) electrons. The standard InChI is InChI=1S/C18H16N2O2/c21-17-12-13-20(16-9-5-4-8-15(16)19-17)18(22)11-10-14-6-2-1-3-7-14/h1-11H,12-13H2,(H,19,21)/b11-10+. The molecule has 2 aromatic rings. The first-order valence-electron chi connectivity index (χ1n) is 7.17. The van der Waals surface area contributed by atoms with Gasteiger partial charge in [0.25, 0.3) is 5.91 Å². The Morgan fingerprint density at radius 1 is 1.05 bits per heavy atom. The summed E-state index contributed by atoms with van der Waals surface area (Å²) in [5, 5.41) is 2.82. The summed E-state index contributed by atoms with van der Waals surface area (Å²) in [6.45, 7) is 0.376. The van der Waals surface area contributed by atoms with Gasteiger partial charge in [0, 0.05) is 19.0 Å². The second kappa shape index (κ2) is 6.26. The van der Waals surface area contributed by atoms with Crippen LogP contribution in [0.5, 0.6) is 0 Å². The number of carbonyl (C=O) groups is 2. The number of anilines is 2. The summed E-state index contributed by atoms with van der Waals surface area (Å²) < 4.78 is 0. The van der Waals surface area contributed by atoms with E-state index in [1.165, 1.54) is 0 Å². The molecule has 4 heteroatoms. The third kappa shape index (κ3) is 3.06. The minimum Gasteiger partial charge on any atom is -0.324 e. The van der Waals surface area contributed by atoms with Crippen LogP contribution in [0.2, 0.25) is 0 Å². The molecule has 2 amide bonds. The number of hydrogen-bond acceptors (Lipinski definition) is 2. The fourth-order valence-corrected chi connectivity index (χ4v) is 2.41. The van der Waals surface area contributed by atoms with Crippen LogP contribution in [0.1, 0.15) is 12.0 Å². The molecule has 22 heavy (non-hydrogen) atoms. The van der Waals surface area contributed by atoms with Crippen molar-refractivity contribution in [1.82, 2.24) is 0 Å². The van der Waals surface area contributed by atoms with Gasteiger partial charge in [0.1, 0.15) is 0 Å². The molecule has 2 aromatic carbocycles. The minimum absolute atomic E-state index is 0.0743. The summed E-state index contributed by atoms with van der Waals surface area (Å²) in [4.78, 5) is 25.9. The molecule has 0 unspecified atom stereocenters. The van der Waals surface area contributed by atoms with Crippen molar-refractivity contribution < 1.29 is 9.59 Å². The van der Waals surface area contributed by atoms with Gasteiger partial charge in [-0.1, -0.05) is 42.5 Å². The Labute approximate surface area is 129 Å². The third-order valence-corrected chi connectivity index (χ3v) is 3.52. The topological polar surface area (TPSA) is 49.4 Å². The van der Waals surface area contributed by atoms with Crippen molar-refractivity contribution in [3.63, 3.8) is 0 Å². The Kier molecular flexibility index (Phi) is 4.01. The van der Waals surface area contributed by atoms with Crippen LogP contribution >= 0.6 is 0 Å². The monoisotopic (exact) mass is 292 g/mol. The first-order valence-corrected chi connectivity index (χ1v) is 7.17. The van der Waals surface area contributed by atoms with E-state index in [9.17, 15) is 9.59 Å². The van der Waals surface area contributed by atoms with Gasteiger partial charge in [-0.15, -0.1) is 0 Å². The predicted octanol–water partition coefficient (Wildman–Crippen LogP) is 3.08. The smallest absolute Gasteiger partial charge is 0.251 e. The fraction of sp³-hybridized carbons (Fsp3) is 0.111. The average Bonchev–Trinajstić information content (AvgIpc) is 2.72. The minimum atomic E-state index is -0.132. The van der Waals surface area contributed by atoms with E-state index in [0.717, 1.165) is 11.3 Å². The van der Waals surface area contributed by atoms with Gasteiger partial charge in [-0.05, 0) is 23.8 Å². The summed E-state index contributed by atoms with van der Waals surface area (Å²) in [5.74, 6) is -0.206.